The minimum absolute atomic E-state index is 0.00884. The molecule has 8 rings (SSSR count). The molecule has 16 nitrogen and oxygen atoms in total. The second-order valence-electron chi connectivity index (χ2n) is 20.0. The summed E-state index contributed by atoms with van der Waals surface area (Å²) >= 11 is 0. The molecule has 0 saturated carbocycles. The second kappa shape index (κ2) is 19.3. The molecule has 0 aliphatic carbocycles. The third-order valence-corrected chi connectivity index (χ3v) is 14.3. The van der Waals surface area contributed by atoms with E-state index in [9.17, 15) is 29.7 Å². The third kappa shape index (κ3) is 9.43. The number of rotatable bonds is 4. The fraction of sp³-hybridized carbons (Fsp3) is 0.620. The molecule has 2 fully saturated rings. The number of hydrogen-bond acceptors (Lipinski definition) is 14. The molecule has 6 aliphatic heterocycles. The van der Waals surface area contributed by atoms with Crippen molar-refractivity contribution in [2.75, 3.05) is 65.3 Å². The van der Waals surface area contributed by atoms with Crippen molar-refractivity contribution in [1.29, 1.82) is 0 Å². The number of fused-ring (bicyclic) bond motifs is 13. The summed E-state index contributed by atoms with van der Waals surface area (Å²) in [7, 11) is 3.54. The number of carbonyl (C=O) groups is 3. The first-order chi connectivity index (χ1) is 31.2. The number of carbonyl (C=O) groups excluding carboxylic acids is 3. The molecule has 2 aromatic rings. The number of piperazine rings is 1. The lowest BCUT2D eigenvalue weighted by Crippen LogP contribution is -2.50. The summed E-state index contributed by atoms with van der Waals surface area (Å²) in [5.74, 6) is -4.56. The van der Waals surface area contributed by atoms with Crippen molar-refractivity contribution in [2.24, 2.45) is 39.6 Å². The average molecular weight is 915 g/mol. The molecule has 0 aromatic heterocycles. The van der Waals surface area contributed by atoms with Gasteiger partial charge in [0.1, 0.15) is 28.6 Å². The van der Waals surface area contributed by atoms with Gasteiger partial charge in [-0.05, 0) is 51.1 Å². The summed E-state index contributed by atoms with van der Waals surface area (Å²) in [6, 6.07) is 0. The number of nitrogens with zero attached hydrogens (tertiary/aromatic N) is 5. The number of aliphatic hydroxyl groups excluding tert-OH is 1. The van der Waals surface area contributed by atoms with Crippen molar-refractivity contribution in [3.05, 3.63) is 58.0 Å². The van der Waals surface area contributed by atoms with Crippen LogP contribution in [0.15, 0.2) is 46.1 Å². The number of phenolic OH excluding ortho intramolecular Hbond substituents is 2. The predicted octanol–water partition coefficient (Wildman–Crippen LogP) is 5.60. The molecule has 5 bridgehead atoms. The molecule has 6 heterocycles. The Morgan fingerprint density at radius 2 is 1.62 bits per heavy atom. The Morgan fingerprint density at radius 3 is 2.27 bits per heavy atom. The maximum absolute atomic E-state index is 14.9. The van der Waals surface area contributed by atoms with Crippen LogP contribution in [0.1, 0.15) is 90.6 Å². The van der Waals surface area contributed by atoms with E-state index < -0.39 is 65.1 Å². The molecule has 6 aliphatic rings. The van der Waals surface area contributed by atoms with Gasteiger partial charge in [-0.3, -0.25) is 19.6 Å². The Kier molecular flexibility index (Phi) is 14.3. The predicted molar refractivity (Wildman–Crippen MR) is 250 cm³/mol. The van der Waals surface area contributed by atoms with Crippen molar-refractivity contribution in [1.82, 2.24) is 14.7 Å². The number of nitrogens with one attached hydrogen (secondary N) is 1. The summed E-state index contributed by atoms with van der Waals surface area (Å²) < 4.78 is 24.9. The van der Waals surface area contributed by atoms with Gasteiger partial charge in [0, 0.05) is 101 Å². The van der Waals surface area contributed by atoms with E-state index in [1.165, 1.54) is 20.3 Å². The van der Waals surface area contributed by atoms with Gasteiger partial charge in [0.2, 0.25) is 0 Å². The summed E-state index contributed by atoms with van der Waals surface area (Å²) in [5.41, 5.74) is -0.382. The Morgan fingerprint density at radius 1 is 0.955 bits per heavy atom. The first kappa shape index (κ1) is 48.9. The maximum atomic E-state index is 14.9. The largest absolute Gasteiger partial charge is 0.507 e. The van der Waals surface area contributed by atoms with Gasteiger partial charge >= 0.3 is 11.9 Å². The van der Waals surface area contributed by atoms with Gasteiger partial charge in [-0.25, -0.2) is 4.79 Å². The van der Waals surface area contributed by atoms with E-state index in [1.807, 2.05) is 40.8 Å². The number of likely N-dealkylation sites (N-methyl/N-ethyl adjacent to an activating group) is 1. The number of piperidine rings is 1. The van der Waals surface area contributed by atoms with Crippen molar-refractivity contribution < 1.29 is 48.7 Å². The van der Waals surface area contributed by atoms with Crippen molar-refractivity contribution in [3.8, 4) is 17.2 Å². The number of amides is 2. The van der Waals surface area contributed by atoms with Crippen LogP contribution in [0.5, 0.6) is 17.2 Å². The van der Waals surface area contributed by atoms with Crippen molar-refractivity contribution in [2.45, 2.75) is 111 Å². The summed E-state index contributed by atoms with van der Waals surface area (Å²) in [6.07, 6.45) is 7.25. The number of ether oxygens (including phenoxy) is 4. The van der Waals surface area contributed by atoms with E-state index in [0.29, 0.717) is 56.9 Å². The number of phenols is 2. The van der Waals surface area contributed by atoms with E-state index in [0.717, 1.165) is 19.6 Å². The fourth-order valence-electron chi connectivity index (χ4n) is 10.3. The zero-order valence-corrected chi connectivity index (χ0v) is 40.5. The molecular formula is C50H70N6O10. The number of ketones is 1. The molecule has 2 unspecified atom stereocenters. The van der Waals surface area contributed by atoms with Crippen molar-refractivity contribution in [3.63, 3.8) is 0 Å². The first-order valence-corrected chi connectivity index (χ1v) is 23.5. The highest BCUT2D eigenvalue weighted by Gasteiger charge is 2.50. The normalized spacial score (nSPS) is 31.7. The van der Waals surface area contributed by atoms with Crippen LogP contribution in [0, 0.1) is 36.5 Å². The number of hydrogen-bond donors (Lipinski definition) is 4. The number of benzene rings is 2. The van der Waals surface area contributed by atoms with Gasteiger partial charge < -0.3 is 54.3 Å². The second-order valence-corrected chi connectivity index (χ2v) is 20.0. The molecule has 4 N–H and O–H groups in total. The topological polar surface area (TPSA) is 195 Å². The van der Waals surface area contributed by atoms with E-state index in [-0.39, 0.29) is 61.6 Å². The van der Waals surface area contributed by atoms with Crippen LogP contribution >= 0.6 is 0 Å². The number of anilines is 1. The zero-order valence-electron chi connectivity index (χ0n) is 40.5. The summed E-state index contributed by atoms with van der Waals surface area (Å²) in [5, 5.41) is 39.4. The molecular weight excluding hydrogens is 845 g/mol. The van der Waals surface area contributed by atoms with Crippen LogP contribution in [0.3, 0.4) is 0 Å². The van der Waals surface area contributed by atoms with Crippen LogP contribution in [-0.4, -0.2) is 138 Å². The lowest BCUT2D eigenvalue weighted by molar-refractivity contribution is -0.112. The molecule has 16 heteroatoms. The lowest BCUT2D eigenvalue weighted by atomic mass is 9.79. The Labute approximate surface area is 388 Å². The van der Waals surface area contributed by atoms with Crippen LogP contribution in [0.25, 0.3) is 10.8 Å². The monoisotopic (exact) mass is 915 g/mol. The van der Waals surface area contributed by atoms with Gasteiger partial charge in [-0.1, -0.05) is 59.8 Å². The van der Waals surface area contributed by atoms with E-state index >= 15 is 0 Å². The molecule has 360 valence electrons. The van der Waals surface area contributed by atoms with E-state index in [2.05, 4.69) is 29.0 Å². The average Bonchev–Trinajstić information content (AvgIpc) is 3.77. The van der Waals surface area contributed by atoms with Gasteiger partial charge in [0.25, 0.3) is 11.7 Å². The number of aliphatic hydroxyl groups is 1. The zero-order chi connectivity index (χ0) is 48.0. The van der Waals surface area contributed by atoms with Crippen LogP contribution in [0.2, 0.25) is 0 Å². The van der Waals surface area contributed by atoms with E-state index in [1.54, 1.807) is 37.0 Å². The molecule has 66 heavy (non-hydrogen) atoms. The molecule has 1 spiro atoms. The summed E-state index contributed by atoms with van der Waals surface area (Å²) in [4.78, 5) is 59.2. The van der Waals surface area contributed by atoms with Crippen LogP contribution < -0.4 is 20.8 Å². The first-order valence-electron chi connectivity index (χ1n) is 23.5. The molecule has 2 aromatic carbocycles. The standard InChI is InChI=1S/C50H70N6O10/c1-27(2)26-55-18-16-50(17-19-55)52-38-35-36-42(58)33(8)45-37(35)46(60)49(9,66-45)64-24-15-34(63-11)31(6)44(65-48(62)56-22-20-54(10)21-23-56)32(7)41(57)30(5)25-28(3)13-12-14-29(4)47(61)51-40(43(36)59)39(38)53-50/h12-15,24,27-28,30-32,34,41,44,57-59H,16-23,25-26H2,1-11H3,(H,51,61)/b13-12+,24-15+,29-14-/t28?,30-,31-,32-,34+,41-,44?,49+/m1/s1. The molecule has 2 saturated heterocycles. The number of Topliss-reactive ketones (excluding diaryl/α,β-unsaturated/α-hetero) is 1. The SMILES string of the molecule is CO[C@H]1/C=C/O[C@@]2(C)Oc3c(C)c(O)c4c(O)c(c5c(c4c3C2=O)=NC2(CCN(CC(C)C)CC2)N=5)NC(=O)/C(C)=C\C=C\C(C)C[C@@H](C)[C@@H](O)[C@@H](C)C(OC(=O)N2CCN(C)CC2)[C@@H]1C. The fourth-order valence-corrected chi connectivity index (χ4v) is 10.3. The number of methoxy groups -OCH3 is 1. The Hall–Kier alpha value is -5.03. The highest BCUT2D eigenvalue weighted by Crippen LogP contribution is 2.50. The van der Waals surface area contributed by atoms with Gasteiger partial charge in [0.15, 0.2) is 11.4 Å². The smallest absolute Gasteiger partial charge is 0.410 e. The van der Waals surface area contributed by atoms with Gasteiger partial charge in [-0.2, -0.15) is 0 Å². The quantitative estimate of drug-likeness (QED) is 0.278. The number of allylic oxidation sites excluding steroid dienone is 3. The number of likely N-dealkylation sites (tertiary alicyclic amines) is 1. The highest BCUT2D eigenvalue weighted by molar-refractivity contribution is 6.19. The summed E-state index contributed by atoms with van der Waals surface area (Å²) in [6.45, 7) is 21.6. The third-order valence-electron chi connectivity index (χ3n) is 14.3. The maximum Gasteiger partial charge on any atom is 0.410 e. The Bertz CT molecular complexity index is 2430. The minimum atomic E-state index is -1.94. The minimum Gasteiger partial charge on any atom is -0.507 e. The molecule has 2 amide bonds. The lowest BCUT2D eigenvalue weighted by Gasteiger charge is -2.39. The van der Waals surface area contributed by atoms with Crippen LogP contribution in [-0.2, 0) is 19.0 Å². The molecule has 0 radical (unpaired) electrons. The number of aromatic hydroxyl groups is 2. The van der Waals surface area contributed by atoms with Crippen LogP contribution in [0.4, 0.5) is 10.5 Å². The van der Waals surface area contributed by atoms with E-state index in [4.69, 9.17) is 28.9 Å². The molecule has 8 atom stereocenters. The van der Waals surface area contributed by atoms with Gasteiger partial charge in [-0.15, -0.1) is 0 Å². The van der Waals surface area contributed by atoms with Gasteiger partial charge in [0.05, 0.1) is 34.8 Å². The van der Waals surface area contributed by atoms with Crippen molar-refractivity contribution >= 4 is 34.2 Å². The Balaban J connectivity index is 1.34. The highest BCUT2D eigenvalue weighted by atomic mass is 16.7.